The second-order valence-corrected chi connectivity index (χ2v) is 5.30. The second-order valence-electron chi connectivity index (χ2n) is 5.30. The second kappa shape index (κ2) is 5.33. The van der Waals surface area contributed by atoms with Crippen LogP contribution in [0.25, 0.3) is 11.3 Å². The van der Waals surface area contributed by atoms with E-state index in [4.69, 9.17) is 5.73 Å². The number of nitrogens with two attached hydrogens (primary N) is 1. The third-order valence-electron chi connectivity index (χ3n) is 4.02. The molecular weight excluding hydrogens is 264 g/mol. The summed E-state index contributed by atoms with van der Waals surface area (Å²) in [6.45, 7) is 5.74. The highest BCUT2D eigenvalue weighted by Gasteiger charge is 2.22. The lowest BCUT2D eigenvalue weighted by atomic mass is 10.1. The van der Waals surface area contributed by atoms with Crippen LogP contribution in [-0.4, -0.2) is 22.2 Å². The summed E-state index contributed by atoms with van der Waals surface area (Å²) in [5.41, 5.74) is 11.1. The lowest BCUT2D eigenvalue weighted by molar-refractivity contribution is -0.116. The number of fused-ring (bicyclic) bond motifs is 1. The molecule has 110 valence electrons. The first-order chi connectivity index (χ1) is 10.1. The van der Waals surface area contributed by atoms with Gasteiger partial charge in [0.2, 0.25) is 5.91 Å². The van der Waals surface area contributed by atoms with Crippen LogP contribution in [0.15, 0.2) is 24.3 Å². The first kappa shape index (κ1) is 13.8. The van der Waals surface area contributed by atoms with Gasteiger partial charge in [-0.3, -0.25) is 9.48 Å². The summed E-state index contributed by atoms with van der Waals surface area (Å²) in [6.07, 6.45) is 0.904. The van der Waals surface area contributed by atoms with E-state index in [-0.39, 0.29) is 5.91 Å². The van der Waals surface area contributed by atoms with E-state index in [1.165, 1.54) is 5.56 Å². The van der Waals surface area contributed by atoms with Gasteiger partial charge in [-0.05, 0) is 37.1 Å². The number of rotatable bonds is 3. The van der Waals surface area contributed by atoms with Crippen molar-refractivity contribution in [3.05, 3.63) is 35.5 Å². The van der Waals surface area contributed by atoms with E-state index in [2.05, 4.69) is 18.1 Å². The number of anilines is 1. The zero-order valence-corrected chi connectivity index (χ0v) is 12.5. The number of aryl methyl sites for hydroxylation is 1. The molecule has 21 heavy (non-hydrogen) atoms. The maximum absolute atomic E-state index is 11.6. The molecule has 0 aliphatic carbocycles. The minimum atomic E-state index is 0.0992. The van der Waals surface area contributed by atoms with E-state index in [1.54, 1.807) is 6.92 Å². The molecule has 0 atom stereocenters. The van der Waals surface area contributed by atoms with E-state index in [1.807, 2.05) is 27.8 Å². The summed E-state index contributed by atoms with van der Waals surface area (Å²) in [7, 11) is 0. The van der Waals surface area contributed by atoms with Crippen LogP contribution in [-0.2, 0) is 24.3 Å². The van der Waals surface area contributed by atoms with Crippen molar-refractivity contribution >= 4 is 11.6 Å². The Kier molecular flexibility index (Phi) is 3.51. The average Bonchev–Trinajstić information content (AvgIpc) is 3.09. The Labute approximate surface area is 124 Å². The van der Waals surface area contributed by atoms with Crippen LogP contribution in [0.3, 0.4) is 0 Å². The Morgan fingerprint density at radius 1 is 1.38 bits per heavy atom. The molecule has 1 aromatic heterocycles. The van der Waals surface area contributed by atoms with Gasteiger partial charge in [0, 0.05) is 37.8 Å². The van der Waals surface area contributed by atoms with Crippen LogP contribution in [0.1, 0.15) is 25.1 Å². The quantitative estimate of drug-likeness (QED) is 0.936. The number of benzene rings is 1. The summed E-state index contributed by atoms with van der Waals surface area (Å²) >= 11 is 0. The third kappa shape index (κ3) is 2.34. The smallest absolute Gasteiger partial charge is 0.223 e. The first-order valence-corrected chi connectivity index (χ1v) is 7.32. The molecule has 2 aromatic rings. The van der Waals surface area contributed by atoms with E-state index in [9.17, 15) is 4.79 Å². The van der Waals surface area contributed by atoms with Gasteiger partial charge in [0.05, 0.1) is 11.4 Å². The SMILES string of the molecule is CCn1nc(-c2ccc3c(c2)CCN3C(C)=O)cc1CN. The molecule has 5 nitrogen and oxygen atoms in total. The molecule has 0 unspecified atom stereocenters. The normalized spacial score (nSPS) is 13.6. The number of hydrogen-bond acceptors (Lipinski definition) is 3. The van der Waals surface area contributed by atoms with Crippen LogP contribution in [0, 0.1) is 0 Å². The van der Waals surface area contributed by atoms with Crippen LogP contribution in [0.5, 0.6) is 0 Å². The molecule has 5 heteroatoms. The van der Waals surface area contributed by atoms with Crippen molar-refractivity contribution in [1.82, 2.24) is 9.78 Å². The third-order valence-corrected chi connectivity index (χ3v) is 4.02. The fraction of sp³-hybridized carbons (Fsp3) is 0.375. The van der Waals surface area contributed by atoms with E-state index in [0.717, 1.165) is 42.1 Å². The van der Waals surface area contributed by atoms with Crippen LogP contribution in [0.2, 0.25) is 0 Å². The first-order valence-electron chi connectivity index (χ1n) is 7.32. The molecule has 1 amide bonds. The Bertz CT molecular complexity index is 668. The molecular formula is C16H20N4O. The van der Waals surface area contributed by atoms with Crippen molar-refractivity contribution in [3.8, 4) is 11.3 Å². The van der Waals surface area contributed by atoms with Gasteiger partial charge in [0.15, 0.2) is 0 Å². The maximum Gasteiger partial charge on any atom is 0.223 e. The number of carbonyl (C=O) groups is 1. The van der Waals surface area contributed by atoms with Crippen molar-refractivity contribution in [2.24, 2.45) is 5.73 Å². The Hall–Kier alpha value is -2.14. The van der Waals surface area contributed by atoms with Crippen molar-refractivity contribution in [1.29, 1.82) is 0 Å². The van der Waals surface area contributed by atoms with Crippen LogP contribution < -0.4 is 10.6 Å². The van der Waals surface area contributed by atoms with E-state index < -0.39 is 0 Å². The molecule has 0 saturated heterocycles. The molecule has 3 rings (SSSR count). The van der Waals surface area contributed by atoms with Crippen LogP contribution >= 0.6 is 0 Å². The fourth-order valence-electron chi connectivity index (χ4n) is 2.92. The molecule has 0 bridgehead atoms. The molecule has 1 aliphatic heterocycles. The van der Waals surface area contributed by atoms with Gasteiger partial charge < -0.3 is 10.6 Å². The summed E-state index contributed by atoms with van der Waals surface area (Å²) in [6, 6.07) is 8.23. The lowest BCUT2D eigenvalue weighted by Crippen LogP contribution is -2.25. The van der Waals surface area contributed by atoms with Gasteiger partial charge in [-0.25, -0.2) is 0 Å². The molecule has 0 fully saturated rings. The number of amides is 1. The molecule has 1 aromatic carbocycles. The molecule has 0 spiro atoms. The number of nitrogens with zero attached hydrogens (tertiary/aromatic N) is 3. The molecule has 0 radical (unpaired) electrons. The topological polar surface area (TPSA) is 64.2 Å². The van der Waals surface area contributed by atoms with Crippen molar-refractivity contribution in [2.45, 2.75) is 33.4 Å². The highest BCUT2D eigenvalue weighted by Crippen LogP contribution is 2.32. The van der Waals surface area contributed by atoms with Gasteiger partial charge in [0.1, 0.15) is 0 Å². The number of hydrogen-bond donors (Lipinski definition) is 1. The maximum atomic E-state index is 11.6. The predicted octanol–water partition coefficient (Wildman–Crippen LogP) is 1.94. The zero-order valence-electron chi connectivity index (χ0n) is 12.5. The van der Waals surface area contributed by atoms with Crippen LogP contribution in [0.4, 0.5) is 5.69 Å². The van der Waals surface area contributed by atoms with Crippen molar-refractivity contribution in [2.75, 3.05) is 11.4 Å². The minimum Gasteiger partial charge on any atom is -0.325 e. The van der Waals surface area contributed by atoms with Gasteiger partial charge in [-0.1, -0.05) is 6.07 Å². The lowest BCUT2D eigenvalue weighted by Gasteiger charge is -2.14. The van der Waals surface area contributed by atoms with Gasteiger partial charge in [-0.15, -0.1) is 0 Å². The highest BCUT2D eigenvalue weighted by molar-refractivity contribution is 5.94. The molecule has 0 saturated carbocycles. The Morgan fingerprint density at radius 2 is 2.19 bits per heavy atom. The van der Waals surface area contributed by atoms with Crippen molar-refractivity contribution in [3.63, 3.8) is 0 Å². The van der Waals surface area contributed by atoms with Crippen molar-refractivity contribution < 1.29 is 4.79 Å². The number of aromatic nitrogens is 2. The number of carbonyl (C=O) groups excluding carboxylic acids is 1. The van der Waals surface area contributed by atoms with Gasteiger partial charge >= 0.3 is 0 Å². The molecule has 2 heterocycles. The highest BCUT2D eigenvalue weighted by atomic mass is 16.2. The standard InChI is InChI=1S/C16H20N4O/c1-3-20-14(10-17)9-15(18-20)12-4-5-16-13(8-12)6-7-19(16)11(2)21/h4-5,8-9H,3,6-7,10,17H2,1-2H3. The zero-order chi connectivity index (χ0) is 15.0. The van der Waals surface area contributed by atoms with Gasteiger partial charge in [0.25, 0.3) is 0 Å². The largest absolute Gasteiger partial charge is 0.325 e. The summed E-state index contributed by atoms with van der Waals surface area (Å²) in [5, 5.41) is 4.61. The summed E-state index contributed by atoms with van der Waals surface area (Å²) < 4.78 is 1.93. The Morgan fingerprint density at radius 3 is 2.81 bits per heavy atom. The summed E-state index contributed by atoms with van der Waals surface area (Å²) in [5.74, 6) is 0.0992. The predicted molar refractivity (Wildman–Crippen MR) is 83.0 cm³/mol. The van der Waals surface area contributed by atoms with E-state index in [0.29, 0.717) is 6.54 Å². The Balaban J connectivity index is 1.98. The summed E-state index contributed by atoms with van der Waals surface area (Å²) in [4.78, 5) is 13.4. The fourth-order valence-corrected chi connectivity index (χ4v) is 2.92. The molecule has 1 aliphatic rings. The van der Waals surface area contributed by atoms with Gasteiger partial charge in [-0.2, -0.15) is 5.10 Å². The monoisotopic (exact) mass is 284 g/mol. The average molecular weight is 284 g/mol. The minimum absolute atomic E-state index is 0.0992. The van der Waals surface area contributed by atoms with E-state index >= 15 is 0 Å². The molecule has 2 N–H and O–H groups in total.